The summed E-state index contributed by atoms with van der Waals surface area (Å²) in [7, 11) is 0. The molecule has 0 aliphatic rings. The van der Waals surface area contributed by atoms with Gasteiger partial charge in [-0.25, -0.2) is 0 Å². The summed E-state index contributed by atoms with van der Waals surface area (Å²) in [5.74, 6) is -0.102. The predicted octanol–water partition coefficient (Wildman–Crippen LogP) is 3.49. The SMILES string of the molecule is Cc1ccccc1NC(=O)c1ccc(Cl)o1. The summed E-state index contributed by atoms with van der Waals surface area (Å²) in [6.45, 7) is 1.92. The van der Waals surface area contributed by atoms with E-state index in [4.69, 9.17) is 16.0 Å². The van der Waals surface area contributed by atoms with Gasteiger partial charge in [0.2, 0.25) is 0 Å². The van der Waals surface area contributed by atoms with Crippen molar-refractivity contribution in [2.24, 2.45) is 0 Å². The van der Waals surface area contributed by atoms with Gasteiger partial charge >= 0.3 is 0 Å². The number of hydrogen-bond donors (Lipinski definition) is 1. The van der Waals surface area contributed by atoms with Gasteiger partial charge in [0.05, 0.1) is 0 Å². The van der Waals surface area contributed by atoms with Crippen molar-refractivity contribution in [3.8, 4) is 0 Å². The molecule has 0 saturated heterocycles. The van der Waals surface area contributed by atoms with Crippen LogP contribution in [0.25, 0.3) is 0 Å². The van der Waals surface area contributed by atoms with Crippen molar-refractivity contribution in [1.29, 1.82) is 0 Å². The predicted molar refractivity (Wildman–Crippen MR) is 62.9 cm³/mol. The molecule has 4 heteroatoms. The Balaban J connectivity index is 2.17. The number of hydrogen-bond acceptors (Lipinski definition) is 2. The monoisotopic (exact) mass is 235 g/mol. The number of anilines is 1. The van der Waals surface area contributed by atoms with Crippen LogP contribution in [-0.2, 0) is 0 Å². The minimum absolute atomic E-state index is 0.202. The zero-order chi connectivity index (χ0) is 11.5. The molecule has 1 heterocycles. The van der Waals surface area contributed by atoms with Crippen LogP contribution in [0.15, 0.2) is 40.8 Å². The molecular formula is C12H10ClNO2. The molecule has 0 aliphatic heterocycles. The zero-order valence-corrected chi connectivity index (χ0v) is 9.41. The highest BCUT2D eigenvalue weighted by Crippen LogP contribution is 2.17. The quantitative estimate of drug-likeness (QED) is 0.866. The first kappa shape index (κ1) is 10.8. The molecule has 0 fully saturated rings. The van der Waals surface area contributed by atoms with Crippen LogP contribution in [0, 0.1) is 6.92 Å². The van der Waals surface area contributed by atoms with Gasteiger partial charge in [-0.1, -0.05) is 18.2 Å². The zero-order valence-electron chi connectivity index (χ0n) is 8.66. The molecule has 1 amide bonds. The van der Waals surface area contributed by atoms with E-state index >= 15 is 0 Å². The lowest BCUT2D eigenvalue weighted by atomic mass is 10.2. The Bertz CT molecular complexity index is 519. The van der Waals surface area contributed by atoms with Crippen LogP contribution in [0.3, 0.4) is 0 Å². The number of aryl methyl sites for hydroxylation is 1. The largest absolute Gasteiger partial charge is 0.440 e. The van der Waals surface area contributed by atoms with Gasteiger partial charge in [-0.3, -0.25) is 4.79 Å². The summed E-state index contributed by atoms with van der Waals surface area (Å²) in [4.78, 5) is 11.7. The van der Waals surface area contributed by atoms with E-state index in [-0.39, 0.29) is 16.9 Å². The average Bonchev–Trinajstić information content (AvgIpc) is 2.68. The van der Waals surface area contributed by atoms with Crippen LogP contribution < -0.4 is 5.32 Å². The van der Waals surface area contributed by atoms with Crippen LogP contribution in [-0.4, -0.2) is 5.91 Å². The maximum atomic E-state index is 11.7. The third-order valence-corrected chi connectivity index (χ3v) is 2.39. The number of furan rings is 1. The Labute approximate surface area is 98.0 Å². The summed E-state index contributed by atoms with van der Waals surface area (Å²) < 4.78 is 5.01. The normalized spacial score (nSPS) is 10.1. The molecule has 16 heavy (non-hydrogen) atoms. The minimum Gasteiger partial charge on any atom is -0.440 e. The van der Waals surface area contributed by atoms with Crippen LogP contribution in [0.1, 0.15) is 16.1 Å². The van der Waals surface area contributed by atoms with Crippen LogP contribution in [0.5, 0.6) is 0 Å². The molecule has 2 aromatic rings. The van der Waals surface area contributed by atoms with E-state index < -0.39 is 0 Å². The molecule has 0 saturated carbocycles. The topological polar surface area (TPSA) is 42.2 Å². The molecule has 1 aromatic carbocycles. The molecular weight excluding hydrogens is 226 g/mol. The Morgan fingerprint density at radius 2 is 2.00 bits per heavy atom. The molecule has 0 unspecified atom stereocenters. The van der Waals surface area contributed by atoms with Gasteiger partial charge in [-0.05, 0) is 42.3 Å². The first-order valence-corrected chi connectivity index (χ1v) is 5.17. The number of rotatable bonds is 2. The van der Waals surface area contributed by atoms with E-state index in [1.165, 1.54) is 12.1 Å². The Hall–Kier alpha value is -1.74. The standard InChI is InChI=1S/C12H10ClNO2/c1-8-4-2-3-5-9(8)14-12(15)10-6-7-11(13)16-10/h2-7H,1H3,(H,14,15). The number of halogens is 1. The lowest BCUT2D eigenvalue weighted by Crippen LogP contribution is -2.11. The van der Waals surface area contributed by atoms with E-state index in [2.05, 4.69) is 5.32 Å². The number of carbonyl (C=O) groups is 1. The summed E-state index contributed by atoms with van der Waals surface area (Å²) >= 11 is 5.59. The average molecular weight is 236 g/mol. The van der Waals surface area contributed by atoms with E-state index in [1.54, 1.807) is 0 Å². The molecule has 3 nitrogen and oxygen atoms in total. The van der Waals surface area contributed by atoms with E-state index in [1.807, 2.05) is 31.2 Å². The molecule has 2 rings (SSSR count). The summed E-state index contributed by atoms with van der Waals surface area (Å²) in [5.41, 5.74) is 1.76. The maximum absolute atomic E-state index is 11.7. The third kappa shape index (κ3) is 2.25. The highest BCUT2D eigenvalue weighted by atomic mass is 35.5. The number of amides is 1. The van der Waals surface area contributed by atoms with Crippen molar-refractivity contribution in [2.45, 2.75) is 6.92 Å². The molecule has 0 spiro atoms. The van der Waals surface area contributed by atoms with Crippen molar-refractivity contribution in [1.82, 2.24) is 0 Å². The summed E-state index contributed by atoms with van der Waals surface area (Å²) in [6, 6.07) is 10.6. The second-order valence-corrected chi connectivity index (χ2v) is 3.75. The molecule has 1 N–H and O–H groups in total. The fourth-order valence-electron chi connectivity index (χ4n) is 1.33. The number of nitrogens with one attached hydrogen (secondary N) is 1. The van der Waals surface area contributed by atoms with Crippen LogP contribution in [0.4, 0.5) is 5.69 Å². The van der Waals surface area contributed by atoms with Gasteiger partial charge in [0, 0.05) is 5.69 Å². The minimum atomic E-state index is -0.304. The van der Waals surface area contributed by atoms with E-state index in [0.717, 1.165) is 11.3 Å². The van der Waals surface area contributed by atoms with Gasteiger partial charge < -0.3 is 9.73 Å². The second-order valence-electron chi connectivity index (χ2n) is 3.37. The second kappa shape index (κ2) is 4.41. The summed E-state index contributed by atoms with van der Waals surface area (Å²) in [5, 5.41) is 2.95. The van der Waals surface area contributed by atoms with Gasteiger partial charge in [0.25, 0.3) is 5.91 Å². The van der Waals surface area contributed by atoms with Gasteiger partial charge in [-0.2, -0.15) is 0 Å². The Morgan fingerprint density at radius 1 is 1.25 bits per heavy atom. The molecule has 0 atom stereocenters. The number of para-hydroxylation sites is 1. The van der Waals surface area contributed by atoms with Crippen molar-refractivity contribution in [3.63, 3.8) is 0 Å². The van der Waals surface area contributed by atoms with Crippen molar-refractivity contribution < 1.29 is 9.21 Å². The maximum Gasteiger partial charge on any atom is 0.291 e. The highest BCUT2D eigenvalue weighted by Gasteiger charge is 2.11. The van der Waals surface area contributed by atoms with Gasteiger partial charge in [-0.15, -0.1) is 0 Å². The van der Waals surface area contributed by atoms with Crippen molar-refractivity contribution in [3.05, 3.63) is 52.9 Å². The fraction of sp³-hybridized carbons (Fsp3) is 0.0833. The molecule has 0 bridgehead atoms. The van der Waals surface area contributed by atoms with Crippen LogP contribution >= 0.6 is 11.6 Å². The smallest absolute Gasteiger partial charge is 0.291 e. The van der Waals surface area contributed by atoms with Crippen molar-refractivity contribution in [2.75, 3.05) is 5.32 Å². The first-order valence-electron chi connectivity index (χ1n) is 4.79. The lowest BCUT2D eigenvalue weighted by Gasteiger charge is -2.05. The lowest BCUT2D eigenvalue weighted by molar-refractivity contribution is 0.0996. The highest BCUT2D eigenvalue weighted by molar-refractivity contribution is 6.29. The Morgan fingerprint density at radius 3 is 2.62 bits per heavy atom. The number of benzene rings is 1. The molecule has 82 valence electrons. The van der Waals surface area contributed by atoms with Gasteiger partial charge in [0.1, 0.15) is 0 Å². The van der Waals surface area contributed by atoms with Crippen molar-refractivity contribution >= 4 is 23.2 Å². The van der Waals surface area contributed by atoms with Gasteiger partial charge in [0.15, 0.2) is 11.0 Å². The summed E-state index contributed by atoms with van der Waals surface area (Å²) in [6.07, 6.45) is 0. The third-order valence-electron chi connectivity index (χ3n) is 2.19. The molecule has 0 aliphatic carbocycles. The first-order chi connectivity index (χ1) is 7.66. The number of carbonyl (C=O) groups excluding carboxylic acids is 1. The van der Waals surface area contributed by atoms with E-state index in [9.17, 15) is 4.79 Å². The Kier molecular flexibility index (Phi) is 2.97. The molecule has 1 aromatic heterocycles. The molecule has 0 radical (unpaired) electrons. The van der Waals surface area contributed by atoms with E-state index in [0.29, 0.717) is 0 Å². The van der Waals surface area contributed by atoms with Crippen LogP contribution in [0.2, 0.25) is 5.22 Å². The fourth-order valence-corrected chi connectivity index (χ4v) is 1.48.